The van der Waals surface area contributed by atoms with Gasteiger partial charge in [-0.05, 0) is 53.8 Å². The van der Waals surface area contributed by atoms with Crippen molar-refractivity contribution >= 4 is 17.4 Å². The van der Waals surface area contributed by atoms with Crippen LogP contribution in [0.1, 0.15) is 47.7 Å². The molecule has 0 bridgehead atoms. The Balaban J connectivity index is 1.31. The van der Waals surface area contributed by atoms with E-state index >= 15 is 0 Å². The first kappa shape index (κ1) is 23.8. The number of rotatable bonds is 7. The Hall–Kier alpha value is -3.38. The number of carbonyl (C=O) groups is 1. The minimum absolute atomic E-state index is 0.180. The van der Waals surface area contributed by atoms with Gasteiger partial charge < -0.3 is 15.0 Å². The Labute approximate surface area is 202 Å². The zero-order chi connectivity index (χ0) is 23.9. The van der Waals surface area contributed by atoms with Gasteiger partial charge in [0.2, 0.25) is 0 Å². The Bertz CT molecular complexity index is 1080. The van der Waals surface area contributed by atoms with Gasteiger partial charge in [0.25, 0.3) is 5.91 Å². The Morgan fingerprint density at radius 2 is 1.85 bits per heavy atom. The normalized spacial score (nSPS) is 14.6. The molecule has 0 aliphatic carbocycles. The quantitative estimate of drug-likeness (QED) is 0.529. The highest BCUT2D eigenvalue weighted by Crippen LogP contribution is 2.20. The van der Waals surface area contributed by atoms with E-state index in [9.17, 15) is 4.79 Å². The highest BCUT2D eigenvalue weighted by atomic mass is 16.5. The summed E-state index contributed by atoms with van der Waals surface area (Å²) < 4.78 is 5.20. The number of methoxy groups -OCH3 is 1. The summed E-state index contributed by atoms with van der Waals surface area (Å²) in [7, 11) is 1.59. The monoisotopic (exact) mass is 458 g/mol. The average molecular weight is 459 g/mol. The van der Waals surface area contributed by atoms with E-state index in [1.807, 2.05) is 18.2 Å². The van der Waals surface area contributed by atoms with Crippen molar-refractivity contribution in [3.63, 3.8) is 0 Å². The molecule has 1 N–H and O–H groups in total. The highest BCUT2D eigenvalue weighted by molar-refractivity contribution is 6.04. The third kappa shape index (κ3) is 6.14. The van der Waals surface area contributed by atoms with Crippen LogP contribution in [-0.4, -0.2) is 49.1 Å². The molecule has 4 rings (SSSR count). The van der Waals surface area contributed by atoms with Crippen LogP contribution in [0.5, 0.6) is 5.75 Å². The molecule has 1 saturated heterocycles. The molecule has 2 aromatic carbocycles. The van der Waals surface area contributed by atoms with Crippen molar-refractivity contribution in [3.8, 4) is 5.75 Å². The predicted molar refractivity (Wildman–Crippen MR) is 138 cm³/mol. The van der Waals surface area contributed by atoms with E-state index in [1.54, 1.807) is 31.5 Å². The molecule has 0 spiro atoms. The Morgan fingerprint density at radius 1 is 1.03 bits per heavy atom. The van der Waals surface area contributed by atoms with Gasteiger partial charge in [0.15, 0.2) is 0 Å². The second-order valence-electron chi connectivity index (χ2n) is 9.10. The second kappa shape index (κ2) is 11.2. The van der Waals surface area contributed by atoms with Crippen molar-refractivity contribution in [3.05, 3.63) is 83.6 Å². The molecule has 0 unspecified atom stereocenters. The van der Waals surface area contributed by atoms with Gasteiger partial charge in [0.05, 0.1) is 19.0 Å². The topological polar surface area (TPSA) is 57.7 Å². The molecule has 1 amide bonds. The van der Waals surface area contributed by atoms with Crippen LogP contribution in [0.25, 0.3) is 0 Å². The molecular weight excluding hydrogens is 424 g/mol. The number of pyridine rings is 1. The summed E-state index contributed by atoms with van der Waals surface area (Å²) in [5.41, 5.74) is 3.99. The number of ether oxygens (including phenoxy) is 1. The van der Waals surface area contributed by atoms with E-state index < -0.39 is 0 Å². The first-order chi connectivity index (χ1) is 16.5. The number of carbonyl (C=O) groups excluding carboxylic acids is 1. The summed E-state index contributed by atoms with van der Waals surface area (Å²) in [6.45, 7) is 9.44. The number of aromatic nitrogens is 1. The number of amides is 1. The van der Waals surface area contributed by atoms with E-state index in [4.69, 9.17) is 4.74 Å². The second-order valence-corrected chi connectivity index (χ2v) is 9.10. The molecular formula is C28H34N4O2. The van der Waals surface area contributed by atoms with Crippen molar-refractivity contribution < 1.29 is 9.53 Å². The molecule has 6 heteroatoms. The lowest BCUT2D eigenvalue weighted by Gasteiger charge is -2.23. The van der Waals surface area contributed by atoms with Crippen LogP contribution in [0.4, 0.5) is 11.5 Å². The lowest BCUT2D eigenvalue weighted by Crippen LogP contribution is -2.31. The van der Waals surface area contributed by atoms with Crippen molar-refractivity contribution in [1.82, 2.24) is 9.88 Å². The first-order valence-electron chi connectivity index (χ1n) is 12.0. The van der Waals surface area contributed by atoms with Gasteiger partial charge >= 0.3 is 0 Å². The summed E-state index contributed by atoms with van der Waals surface area (Å²) >= 11 is 0. The maximum Gasteiger partial charge on any atom is 0.255 e. The number of hydrogen-bond donors (Lipinski definition) is 1. The van der Waals surface area contributed by atoms with Gasteiger partial charge in [-0.1, -0.05) is 44.2 Å². The number of nitrogens with one attached hydrogen (secondary N) is 1. The van der Waals surface area contributed by atoms with Crippen LogP contribution in [0.2, 0.25) is 0 Å². The molecule has 34 heavy (non-hydrogen) atoms. The van der Waals surface area contributed by atoms with Crippen molar-refractivity contribution in [2.75, 3.05) is 43.5 Å². The molecule has 0 saturated carbocycles. The Kier molecular flexibility index (Phi) is 7.80. The summed E-state index contributed by atoms with van der Waals surface area (Å²) in [6, 6.07) is 20.0. The standard InChI is InChI=1S/C28H34N4O2/c1-21(2)23-10-8-22(9-11-23)20-31-14-5-15-32(17-16-31)27-13-12-25(19-29-27)30-28(33)24-6-4-7-26(18-24)34-3/h4,6-13,18-19,21H,5,14-17,20H2,1-3H3,(H,30,33). The third-order valence-corrected chi connectivity index (χ3v) is 6.30. The van der Waals surface area contributed by atoms with Crippen LogP contribution in [-0.2, 0) is 6.54 Å². The molecule has 1 aliphatic heterocycles. The van der Waals surface area contributed by atoms with Crippen molar-refractivity contribution in [2.24, 2.45) is 0 Å². The van der Waals surface area contributed by atoms with Crippen LogP contribution < -0.4 is 15.0 Å². The van der Waals surface area contributed by atoms with Crippen molar-refractivity contribution in [1.29, 1.82) is 0 Å². The molecule has 1 fully saturated rings. The molecule has 0 atom stereocenters. The van der Waals surface area contributed by atoms with Gasteiger partial charge in [0, 0.05) is 38.3 Å². The summed E-state index contributed by atoms with van der Waals surface area (Å²) in [5, 5.41) is 2.91. The average Bonchev–Trinajstić information content (AvgIpc) is 3.10. The summed E-state index contributed by atoms with van der Waals surface area (Å²) in [5.74, 6) is 1.99. The zero-order valence-corrected chi connectivity index (χ0v) is 20.3. The Morgan fingerprint density at radius 3 is 2.56 bits per heavy atom. The first-order valence-corrected chi connectivity index (χ1v) is 12.0. The van der Waals surface area contributed by atoms with Gasteiger partial charge in [0.1, 0.15) is 11.6 Å². The zero-order valence-electron chi connectivity index (χ0n) is 20.3. The molecule has 2 heterocycles. The van der Waals surface area contributed by atoms with Gasteiger partial charge in [-0.2, -0.15) is 0 Å². The SMILES string of the molecule is COc1cccc(C(=O)Nc2ccc(N3CCCN(Cc4ccc(C(C)C)cc4)CC3)nc2)c1. The van der Waals surface area contributed by atoms with Crippen LogP contribution in [0, 0.1) is 0 Å². The van der Waals surface area contributed by atoms with Crippen molar-refractivity contribution in [2.45, 2.75) is 32.7 Å². The largest absolute Gasteiger partial charge is 0.497 e. The van der Waals surface area contributed by atoms with E-state index in [2.05, 4.69) is 58.2 Å². The van der Waals surface area contributed by atoms with Gasteiger partial charge in [-0.15, -0.1) is 0 Å². The number of nitrogens with zero attached hydrogens (tertiary/aromatic N) is 3. The number of hydrogen-bond acceptors (Lipinski definition) is 5. The number of benzene rings is 2. The summed E-state index contributed by atoms with van der Waals surface area (Å²) in [4.78, 5) is 22.0. The summed E-state index contributed by atoms with van der Waals surface area (Å²) in [6.07, 6.45) is 2.83. The van der Waals surface area contributed by atoms with E-state index in [-0.39, 0.29) is 5.91 Å². The lowest BCUT2D eigenvalue weighted by molar-refractivity contribution is 0.102. The number of anilines is 2. The molecule has 178 valence electrons. The maximum atomic E-state index is 12.5. The lowest BCUT2D eigenvalue weighted by atomic mass is 10.0. The maximum absolute atomic E-state index is 12.5. The van der Waals surface area contributed by atoms with E-state index in [0.29, 0.717) is 22.9 Å². The molecule has 6 nitrogen and oxygen atoms in total. The smallest absolute Gasteiger partial charge is 0.255 e. The fourth-order valence-corrected chi connectivity index (χ4v) is 4.24. The van der Waals surface area contributed by atoms with Crippen LogP contribution >= 0.6 is 0 Å². The predicted octanol–water partition coefficient (Wildman–Crippen LogP) is 5.18. The minimum Gasteiger partial charge on any atom is -0.497 e. The van der Waals surface area contributed by atoms with Gasteiger partial charge in [-0.25, -0.2) is 4.98 Å². The fraction of sp³-hybridized carbons (Fsp3) is 0.357. The third-order valence-electron chi connectivity index (χ3n) is 6.30. The van der Waals surface area contributed by atoms with Crippen LogP contribution in [0.15, 0.2) is 66.9 Å². The molecule has 1 aliphatic rings. The van der Waals surface area contributed by atoms with Gasteiger partial charge in [-0.3, -0.25) is 9.69 Å². The fourth-order valence-electron chi connectivity index (χ4n) is 4.24. The minimum atomic E-state index is -0.180. The van der Waals surface area contributed by atoms with E-state index in [0.717, 1.165) is 45.0 Å². The molecule has 0 radical (unpaired) electrons. The van der Waals surface area contributed by atoms with Crippen LogP contribution in [0.3, 0.4) is 0 Å². The van der Waals surface area contributed by atoms with E-state index in [1.165, 1.54) is 11.1 Å². The molecule has 1 aromatic heterocycles. The highest BCUT2D eigenvalue weighted by Gasteiger charge is 2.17. The molecule has 3 aromatic rings.